The minimum absolute atomic E-state index is 0.0997. The van der Waals surface area contributed by atoms with Crippen molar-refractivity contribution in [1.29, 1.82) is 0 Å². The molecule has 4 rings (SSSR count). The maximum Gasteiger partial charge on any atom is 0.226 e. The maximum atomic E-state index is 13.1. The molecular formula is C25H32N2O3. The van der Waals surface area contributed by atoms with E-state index in [2.05, 4.69) is 23.6 Å². The smallest absolute Gasteiger partial charge is 0.226 e. The maximum absolute atomic E-state index is 13.1. The second-order valence-electron chi connectivity index (χ2n) is 8.74. The fourth-order valence-electron chi connectivity index (χ4n) is 4.89. The van der Waals surface area contributed by atoms with Gasteiger partial charge in [0.15, 0.2) is 5.78 Å². The number of hydrogen-bond acceptors (Lipinski definition) is 3. The van der Waals surface area contributed by atoms with Crippen LogP contribution in [0.1, 0.15) is 58.6 Å². The van der Waals surface area contributed by atoms with E-state index in [0.717, 1.165) is 74.5 Å². The van der Waals surface area contributed by atoms with Gasteiger partial charge >= 0.3 is 0 Å². The number of ketones is 1. The van der Waals surface area contributed by atoms with Gasteiger partial charge in [-0.25, -0.2) is 0 Å². The van der Waals surface area contributed by atoms with E-state index in [1.807, 2.05) is 30.1 Å². The molecule has 160 valence electrons. The van der Waals surface area contributed by atoms with E-state index in [0.29, 0.717) is 18.8 Å². The summed E-state index contributed by atoms with van der Waals surface area (Å²) in [4.78, 5) is 27.8. The third-order valence-corrected chi connectivity index (χ3v) is 6.66. The Morgan fingerprint density at radius 1 is 1.17 bits per heavy atom. The van der Waals surface area contributed by atoms with Crippen LogP contribution in [0.15, 0.2) is 30.3 Å². The fourth-order valence-corrected chi connectivity index (χ4v) is 4.89. The topological polar surface area (TPSA) is 51.5 Å². The third kappa shape index (κ3) is 4.36. The van der Waals surface area contributed by atoms with Crippen molar-refractivity contribution in [3.63, 3.8) is 0 Å². The van der Waals surface area contributed by atoms with Gasteiger partial charge in [0.1, 0.15) is 0 Å². The summed E-state index contributed by atoms with van der Waals surface area (Å²) in [5.41, 5.74) is 5.15. The van der Waals surface area contributed by atoms with Crippen molar-refractivity contribution in [3.05, 3.63) is 58.4 Å². The summed E-state index contributed by atoms with van der Waals surface area (Å²) >= 11 is 0. The number of nitrogens with zero attached hydrogens (tertiary/aromatic N) is 2. The molecule has 5 heteroatoms. The molecule has 0 spiro atoms. The van der Waals surface area contributed by atoms with Crippen molar-refractivity contribution in [3.8, 4) is 0 Å². The Hall–Kier alpha value is -2.40. The van der Waals surface area contributed by atoms with Gasteiger partial charge in [0.25, 0.3) is 0 Å². The number of rotatable bonds is 6. The largest absolute Gasteiger partial charge is 0.381 e. The van der Waals surface area contributed by atoms with Gasteiger partial charge in [-0.3, -0.25) is 9.59 Å². The first-order valence-electron chi connectivity index (χ1n) is 11.1. The Kier molecular flexibility index (Phi) is 6.38. The zero-order valence-corrected chi connectivity index (χ0v) is 18.2. The lowest BCUT2D eigenvalue weighted by Crippen LogP contribution is -2.35. The van der Waals surface area contributed by atoms with E-state index in [1.165, 1.54) is 5.56 Å². The molecule has 0 saturated carbocycles. The molecule has 0 radical (unpaired) electrons. The number of carbonyl (C=O) groups excluding carboxylic acids is 2. The van der Waals surface area contributed by atoms with Gasteiger partial charge in [-0.15, -0.1) is 0 Å². The van der Waals surface area contributed by atoms with E-state index in [4.69, 9.17) is 4.74 Å². The molecule has 0 unspecified atom stereocenters. The Morgan fingerprint density at radius 2 is 1.90 bits per heavy atom. The first-order chi connectivity index (χ1) is 14.5. The van der Waals surface area contributed by atoms with Crippen LogP contribution in [0.4, 0.5) is 0 Å². The lowest BCUT2D eigenvalue weighted by molar-refractivity contribution is -0.130. The fraction of sp³-hybridized carbons (Fsp3) is 0.520. The molecule has 5 nitrogen and oxygen atoms in total. The standard InChI is InChI=1S/C25H32N2O3/c1-18-21(15-24(29)26(2)16-20-11-13-30-14-12-20)25-22(9-6-10-23(25)28)27(18)17-19-7-4-3-5-8-19/h3-5,7-8,20H,6,9-17H2,1-2H3. The number of Topliss-reactive ketones (excluding diaryl/α,β-unsaturated/α-hetero) is 1. The molecule has 0 atom stereocenters. The summed E-state index contributed by atoms with van der Waals surface area (Å²) in [5, 5.41) is 0. The second kappa shape index (κ2) is 9.17. The average molecular weight is 409 g/mol. The van der Waals surface area contributed by atoms with E-state index in [-0.39, 0.29) is 11.7 Å². The van der Waals surface area contributed by atoms with Crippen LogP contribution >= 0.6 is 0 Å². The highest BCUT2D eigenvalue weighted by Gasteiger charge is 2.30. The van der Waals surface area contributed by atoms with Crippen LogP contribution in [0.5, 0.6) is 0 Å². The van der Waals surface area contributed by atoms with Crippen LogP contribution in [0, 0.1) is 12.8 Å². The summed E-state index contributed by atoms with van der Waals surface area (Å²) in [5.74, 6) is 0.802. The number of aromatic nitrogens is 1. The highest BCUT2D eigenvalue weighted by atomic mass is 16.5. The van der Waals surface area contributed by atoms with Gasteiger partial charge in [-0.05, 0) is 49.7 Å². The monoisotopic (exact) mass is 408 g/mol. The van der Waals surface area contributed by atoms with Crippen molar-refractivity contribution in [2.24, 2.45) is 5.92 Å². The Bertz CT molecular complexity index is 910. The number of hydrogen-bond donors (Lipinski definition) is 0. The molecular weight excluding hydrogens is 376 g/mol. The molecule has 0 N–H and O–H groups in total. The second-order valence-corrected chi connectivity index (χ2v) is 8.74. The molecule has 1 aromatic carbocycles. The average Bonchev–Trinajstić information content (AvgIpc) is 3.02. The minimum Gasteiger partial charge on any atom is -0.381 e. The number of likely N-dealkylation sites (N-methyl/N-ethyl adjacent to an activating group) is 1. The van der Waals surface area contributed by atoms with Gasteiger partial charge in [-0.1, -0.05) is 30.3 Å². The Labute approximate surface area is 179 Å². The van der Waals surface area contributed by atoms with Crippen molar-refractivity contribution in [2.75, 3.05) is 26.8 Å². The molecule has 2 aromatic rings. The summed E-state index contributed by atoms with van der Waals surface area (Å²) in [6, 6.07) is 10.3. The van der Waals surface area contributed by atoms with Crippen LogP contribution in [0.2, 0.25) is 0 Å². The van der Waals surface area contributed by atoms with Crippen LogP contribution in [-0.4, -0.2) is 48.0 Å². The van der Waals surface area contributed by atoms with E-state index in [1.54, 1.807) is 0 Å². The van der Waals surface area contributed by atoms with E-state index >= 15 is 0 Å². The molecule has 30 heavy (non-hydrogen) atoms. The predicted octanol–water partition coefficient (Wildman–Crippen LogP) is 3.79. The number of fused-ring (bicyclic) bond motifs is 1. The summed E-state index contributed by atoms with van der Waals surface area (Å²) in [6.07, 6.45) is 4.71. The van der Waals surface area contributed by atoms with E-state index in [9.17, 15) is 9.59 Å². The van der Waals surface area contributed by atoms with Crippen LogP contribution in [0.25, 0.3) is 0 Å². The molecule has 1 amide bonds. The SMILES string of the molecule is Cc1c(CC(=O)N(C)CC2CCOCC2)c2c(n1Cc1ccccc1)CCCC2=O. The number of benzene rings is 1. The molecule has 2 aliphatic rings. The van der Waals surface area contributed by atoms with Gasteiger partial charge < -0.3 is 14.2 Å². The molecule has 1 aliphatic heterocycles. The normalized spacial score (nSPS) is 17.1. The first-order valence-corrected chi connectivity index (χ1v) is 11.1. The van der Waals surface area contributed by atoms with Crippen molar-refractivity contribution >= 4 is 11.7 Å². The van der Waals surface area contributed by atoms with Gasteiger partial charge in [-0.2, -0.15) is 0 Å². The molecule has 0 bridgehead atoms. The zero-order chi connectivity index (χ0) is 21.1. The van der Waals surface area contributed by atoms with Crippen molar-refractivity contribution in [1.82, 2.24) is 9.47 Å². The van der Waals surface area contributed by atoms with E-state index < -0.39 is 0 Å². The lowest BCUT2D eigenvalue weighted by atomic mass is 9.91. The van der Waals surface area contributed by atoms with Gasteiger partial charge in [0.05, 0.1) is 6.42 Å². The minimum atomic E-state index is 0.0997. The van der Waals surface area contributed by atoms with Crippen molar-refractivity contribution < 1.29 is 14.3 Å². The third-order valence-electron chi connectivity index (χ3n) is 6.66. The van der Waals surface area contributed by atoms with Crippen LogP contribution < -0.4 is 0 Å². The Morgan fingerprint density at radius 3 is 2.63 bits per heavy atom. The number of ether oxygens (including phenoxy) is 1. The molecule has 1 aliphatic carbocycles. The quantitative estimate of drug-likeness (QED) is 0.731. The number of carbonyl (C=O) groups is 2. The molecule has 1 aromatic heterocycles. The van der Waals surface area contributed by atoms with Gasteiger partial charge in [0.2, 0.25) is 5.91 Å². The summed E-state index contributed by atoms with van der Waals surface area (Å²) < 4.78 is 7.70. The molecule has 2 heterocycles. The van der Waals surface area contributed by atoms with Gasteiger partial charge in [0, 0.05) is 56.7 Å². The number of amides is 1. The van der Waals surface area contributed by atoms with Crippen LogP contribution in [0.3, 0.4) is 0 Å². The highest BCUT2D eigenvalue weighted by molar-refractivity contribution is 6.01. The van der Waals surface area contributed by atoms with Crippen molar-refractivity contribution in [2.45, 2.75) is 52.0 Å². The van der Waals surface area contributed by atoms with Crippen LogP contribution in [-0.2, 0) is 28.9 Å². The predicted molar refractivity (Wildman–Crippen MR) is 117 cm³/mol. The summed E-state index contributed by atoms with van der Waals surface area (Å²) in [7, 11) is 1.89. The molecule has 1 fully saturated rings. The zero-order valence-electron chi connectivity index (χ0n) is 18.2. The summed E-state index contributed by atoms with van der Waals surface area (Å²) in [6.45, 7) is 5.15. The Balaban J connectivity index is 1.57. The lowest BCUT2D eigenvalue weighted by Gasteiger charge is -2.27. The first kappa shape index (κ1) is 20.9. The molecule has 1 saturated heterocycles. The highest BCUT2D eigenvalue weighted by Crippen LogP contribution is 2.31.